The van der Waals surface area contributed by atoms with Crippen LogP contribution in [-0.4, -0.2) is 18.7 Å². The van der Waals surface area contributed by atoms with Crippen LogP contribution in [0.1, 0.15) is 43.7 Å². The highest BCUT2D eigenvalue weighted by Gasteiger charge is 2.20. The number of rotatable bonds is 5. The maximum atomic E-state index is 6.02. The molecule has 0 bridgehead atoms. The predicted molar refractivity (Wildman–Crippen MR) is 75.7 cm³/mol. The molecule has 1 fully saturated rings. The number of ether oxygens (including phenoxy) is 1. The summed E-state index contributed by atoms with van der Waals surface area (Å²) in [5.41, 5.74) is 2.61. The molecule has 1 aromatic rings. The molecular weight excluding hydrogens is 222 g/mol. The van der Waals surface area contributed by atoms with Crippen molar-refractivity contribution < 1.29 is 4.74 Å². The molecule has 0 aromatic heterocycles. The molecule has 1 aromatic carbocycles. The molecule has 0 unspecified atom stereocenters. The minimum atomic E-state index is 0.459. The molecule has 1 aliphatic carbocycles. The van der Waals surface area contributed by atoms with Gasteiger partial charge in [0.05, 0.1) is 12.7 Å². The monoisotopic (exact) mass is 247 g/mol. The quantitative estimate of drug-likeness (QED) is 0.860. The fourth-order valence-corrected chi connectivity index (χ4v) is 2.74. The van der Waals surface area contributed by atoms with Gasteiger partial charge in [0.15, 0.2) is 0 Å². The molecule has 100 valence electrons. The van der Waals surface area contributed by atoms with Crippen molar-refractivity contribution in [1.29, 1.82) is 0 Å². The Morgan fingerprint density at radius 2 is 2.00 bits per heavy atom. The summed E-state index contributed by atoms with van der Waals surface area (Å²) in [6.45, 7) is 6.16. The van der Waals surface area contributed by atoms with Gasteiger partial charge >= 0.3 is 0 Å². The number of nitrogens with one attached hydrogen (secondary N) is 1. The Labute approximate surface area is 111 Å². The van der Waals surface area contributed by atoms with Crippen molar-refractivity contribution in [3.63, 3.8) is 0 Å². The van der Waals surface area contributed by atoms with Crippen molar-refractivity contribution in [3.05, 3.63) is 35.4 Å². The first kappa shape index (κ1) is 13.6. The van der Waals surface area contributed by atoms with E-state index in [-0.39, 0.29) is 0 Å². The minimum Gasteiger partial charge on any atom is -0.374 e. The first-order valence-corrected chi connectivity index (χ1v) is 7.18. The summed E-state index contributed by atoms with van der Waals surface area (Å²) in [7, 11) is 0. The molecule has 1 saturated carbocycles. The molecule has 2 nitrogen and oxygen atoms in total. The Hall–Kier alpha value is -0.860. The third-order valence-corrected chi connectivity index (χ3v) is 3.74. The van der Waals surface area contributed by atoms with E-state index in [2.05, 4.69) is 43.4 Å². The zero-order valence-electron chi connectivity index (χ0n) is 11.6. The lowest BCUT2D eigenvalue weighted by Gasteiger charge is -2.29. The van der Waals surface area contributed by atoms with E-state index in [1.54, 1.807) is 0 Å². The molecule has 0 spiro atoms. The summed E-state index contributed by atoms with van der Waals surface area (Å²) < 4.78 is 6.02. The smallest absolute Gasteiger partial charge is 0.0720 e. The van der Waals surface area contributed by atoms with Crippen LogP contribution in [0.25, 0.3) is 0 Å². The predicted octanol–water partition coefficient (Wildman–Crippen LogP) is 3.43. The standard InChI is InChI=1S/C16H25NO/c1-3-17-15-7-9-16(10-8-15)18-12-14-6-4-5-13(2)11-14/h4-6,11,15-17H,3,7-10,12H2,1-2H3. The van der Waals surface area contributed by atoms with E-state index in [1.165, 1.54) is 36.8 Å². The van der Waals surface area contributed by atoms with Gasteiger partial charge in [-0.2, -0.15) is 0 Å². The molecule has 0 heterocycles. The van der Waals surface area contributed by atoms with Crippen molar-refractivity contribution in [3.8, 4) is 0 Å². The SMILES string of the molecule is CCNC1CCC(OCc2cccc(C)c2)CC1. The molecule has 2 rings (SSSR count). The topological polar surface area (TPSA) is 21.3 Å². The summed E-state index contributed by atoms with van der Waals surface area (Å²) in [4.78, 5) is 0. The summed E-state index contributed by atoms with van der Waals surface area (Å²) >= 11 is 0. The van der Waals surface area contributed by atoms with E-state index in [1.807, 2.05) is 0 Å². The van der Waals surface area contributed by atoms with E-state index < -0.39 is 0 Å². The fourth-order valence-electron chi connectivity index (χ4n) is 2.74. The third kappa shape index (κ3) is 4.11. The molecule has 1 N–H and O–H groups in total. The van der Waals surface area contributed by atoms with Crippen LogP contribution in [0.3, 0.4) is 0 Å². The normalized spacial score (nSPS) is 24.1. The lowest BCUT2D eigenvalue weighted by atomic mass is 9.93. The van der Waals surface area contributed by atoms with Crippen molar-refractivity contribution in [2.45, 2.75) is 58.3 Å². The van der Waals surface area contributed by atoms with Crippen LogP contribution >= 0.6 is 0 Å². The molecular formula is C16H25NO. The molecule has 0 radical (unpaired) electrons. The second kappa shape index (κ2) is 6.91. The van der Waals surface area contributed by atoms with E-state index in [9.17, 15) is 0 Å². The highest BCUT2D eigenvalue weighted by atomic mass is 16.5. The first-order chi connectivity index (χ1) is 8.78. The number of aryl methyl sites for hydroxylation is 1. The van der Waals surface area contributed by atoms with Gasteiger partial charge in [-0.05, 0) is 44.7 Å². The van der Waals surface area contributed by atoms with E-state index in [0.717, 1.165) is 13.2 Å². The van der Waals surface area contributed by atoms with Gasteiger partial charge in [-0.1, -0.05) is 36.8 Å². The second-order valence-electron chi connectivity index (χ2n) is 5.33. The number of hydrogen-bond donors (Lipinski definition) is 1. The zero-order valence-corrected chi connectivity index (χ0v) is 11.6. The molecule has 2 heteroatoms. The van der Waals surface area contributed by atoms with Gasteiger partial charge in [0, 0.05) is 6.04 Å². The van der Waals surface area contributed by atoms with Crippen molar-refractivity contribution in [2.24, 2.45) is 0 Å². The number of benzene rings is 1. The van der Waals surface area contributed by atoms with E-state index in [4.69, 9.17) is 4.74 Å². The Bertz CT molecular complexity index is 356. The maximum absolute atomic E-state index is 6.02. The van der Waals surface area contributed by atoms with Crippen LogP contribution in [0.2, 0.25) is 0 Å². The third-order valence-electron chi connectivity index (χ3n) is 3.74. The molecule has 1 aliphatic rings. The average Bonchev–Trinajstić information content (AvgIpc) is 2.38. The maximum Gasteiger partial charge on any atom is 0.0720 e. The summed E-state index contributed by atoms with van der Waals surface area (Å²) in [6, 6.07) is 9.32. The summed E-state index contributed by atoms with van der Waals surface area (Å²) in [5, 5.41) is 3.53. The van der Waals surface area contributed by atoms with Crippen LogP contribution in [0, 0.1) is 6.92 Å². The molecule has 0 saturated heterocycles. The van der Waals surface area contributed by atoms with Crippen molar-refractivity contribution >= 4 is 0 Å². The van der Waals surface area contributed by atoms with Gasteiger partial charge in [-0.3, -0.25) is 0 Å². The molecule has 0 aliphatic heterocycles. The van der Waals surface area contributed by atoms with E-state index >= 15 is 0 Å². The van der Waals surface area contributed by atoms with Crippen LogP contribution in [0.5, 0.6) is 0 Å². The fraction of sp³-hybridized carbons (Fsp3) is 0.625. The number of hydrogen-bond acceptors (Lipinski definition) is 2. The van der Waals surface area contributed by atoms with Crippen LogP contribution in [0.15, 0.2) is 24.3 Å². The van der Waals surface area contributed by atoms with Crippen LogP contribution in [0.4, 0.5) is 0 Å². The van der Waals surface area contributed by atoms with E-state index in [0.29, 0.717) is 12.1 Å². The van der Waals surface area contributed by atoms with Gasteiger partial charge in [-0.15, -0.1) is 0 Å². The molecule has 18 heavy (non-hydrogen) atoms. The highest BCUT2D eigenvalue weighted by Crippen LogP contribution is 2.22. The van der Waals surface area contributed by atoms with Crippen LogP contribution < -0.4 is 5.32 Å². The van der Waals surface area contributed by atoms with Gasteiger partial charge in [0.1, 0.15) is 0 Å². The summed E-state index contributed by atoms with van der Waals surface area (Å²) in [6.07, 6.45) is 5.37. The Balaban J connectivity index is 1.72. The van der Waals surface area contributed by atoms with Gasteiger partial charge in [0.2, 0.25) is 0 Å². The first-order valence-electron chi connectivity index (χ1n) is 7.18. The van der Waals surface area contributed by atoms with Gasteiger partial charge in [-0.25, -0.2) is 0 Å². The average molecular weight is 247 g/mol. The Morgan fingerprint density at radius 1 is 1.22 bits per heavy atom. The van der Waals surface area contributed by atoms with Crippen molar-refractivity contribution in [2.75, 3.05) is 6.54 Å². The van der Waals surface area contributed by atoms with Crippen molar-refractivity contribution in [1.82, 2.24) is 5.32 Å². The minimum absolute atomic E-state index is 0.459. The zero-order chi connectivity index (χ0) is 12.8. The van der Waals surface area contributed by atoms with Gasteiger partial charge < -0.3 is 10.1 Å². The largest absolute Gasteiger partial charge is 0.374 e. The molecule has 0 atom stereocenters. The Kier molecular flexibility index (Phi) is 5.21. The van der Waals surface area contributed by atoms with Gasteiger partial charge in [0.25, 0.3) is 0 Å². The Morgan fingerprint density at radius 3 is 2.67 bits per heavy atom. The lowest BCUT2D eigenvalue weighted by molar-refractivity contribution is 0.0114. The summed E-state index contributed by atoms with van der Waals surface area (Å²) in [5.74, 6) is 0. The highest BCUT2D eigenvalue weighted by molar-refractivity contribution is 5.21. The lowest BCUT2D eigenvalue weighted by Crippen LogP contribution is -2.35. The van der Waals surface area contributed by atoms with Crippen LogP contribution in [-0.2, 0) is 11.3 Å². The second-order valence-corrected chi connectivity index (χ2v) is 5.33. The molecule has 0 amide bonds.